The van der Waals surface area contributed by atoms with Crippen molar-refractivity contribution >= 4 is 15.9 Å². The summed E-state index contributed by atoms with van der Waals surface area (Å²) in [6, 6.07) is 4.66. The van der Waals surface area contributed by atoms with Crippen molar-refractivity contribution in [2.24, 2.45) is 0 Å². The largest absolute Gasteiger partial charge is 0.390 e. The summed E-state index contributed by atoms with van der Waals surface area (Å²) in [6.07, 6.45) is -0.887. The van der Waals surface area contributed by atoms with E-state index in [1.54, 1.807) is 12.1 Å². The first-order chi connectivity index (χ1) is 7.07. The molecule has 1 rings (SSSR count). The maximum atomic E-state index is 13.5. The molecule has 0 amide bonds. The van der Waals surface area contributed by atoms with Gasteiger partial charge in [-0.25, -0.2) is 4.39 Å². The first kappa shape index (κ1) is 12.6. The predicted octanol–water partition coefficient (Wildman–Crippen LogP) is 2.78. The number of hydrogen-bond acceptors (Lipinski definition) is 2. The standard InChI is InChI=1S/C11H14BrFO2/c1-2-4-9(14)11(15)7-5-3-6-8(12)10(7)13/h3,5-6,9,11,14-15H,2,4H2,1H3. The van der Waals surface area contributed by atoms with E-state index in [1.165, 1.54) is 6.07 Å². The van der Waals surface area contributed by atoms with Crippen LogP contribution in [0.1, 0.15) is 31.4 Å². The molecule has 2 nitrogen and oxygen atoms in total. The van der Waals surface area contributed by atoms with E-state index in [9.17, 15) is 14.6 Å². The minimum absolute atomic E-state index is 0.130. The van der Waals surface area contributed by atoms with Crippen molar-refractivity contribution < 1.29 is 14.6 Å². The molecule has 2 N–H and O–H groups in total. The van der Waals surface area contributed by atoms with Crippen LogP contribution in [-0.2, 0) is 0 Å². The fourth-order valence-electron chi connectivity index (χ4n) is 1.41. The molecule has 2 atom stereocenters. The molecule has 15 heavy (non-hydrogen) atoms. The van der Waals surface area contributed by atoms with E-state index < -0.39 is 18.0 Å². The number of rotatable bonds is 4. The fraction of sp³-hybridized carbons (Fsp3) is 0.455. The summed E-state index contributed by atoms with van der Waals surface area (Å²) in [5.74, 6) is -0.514. The quantitative estimate of drug-likeness (QED) is 0.888. The molecule has 0 aliphatic rings. The molecule has 84 valence electrons. The maximum Gasteiger partial charge on any atom is 0.143 e. The average molecular weight is 277 g/mol. The molecule has 0 spiro atoms. The van der Waals surface area contributed by atoms with Crippen molar-refractivity contribution in [3.8, 4) is 0 Å². The Kier molecular flexibility index (Phi) is 4.70. The summed E-state index contributed by atoms with van der Waals surface area (Å²) in [6.45, 7) is 1.90. The number of aliphatic hydroxyl groups is 2. The highest BCUT2D eigenvalue weighted by Gasteiger charge is 2.21. The van der Waals surface area contributed by atoms with Crippen LogP contribution in [0.25, 0.3) is 0 Å². The summed E-state index contributed by atoms with van der Waals surface area (Å²) in [7, 11) is 0. The first-order valence-electron chi connectivity index (χ1n) is 4.88. The molecule has 0 bridgehead atoms. The van der Waals surface area contributed by atoms with Gasteiger partial charge < -0.3 is 10.2 Å². The molecule has 0 aliphatic heterocycles. The highest BCUT2D eigenvalue weighted by Crippen LogP contribution is 2.26. The van der Waals surface area contributed by atoms with Crippen LogP contribution in [0.3, 0.4) is 0 Å². The molecule has 0 saturated carbocycles. The van der Waals surface area contributed by atoms with Gasteiger partial charge in [-0.05, 0) is 28.4 Å². The molecule has 0 radical (unpaired) electrons. The summed E-state index contributed by atoms with van der Waals surface area (Å²) in [4.78, 5) is 0. The summed E-state index contributed by atoms with van der Waals surface area (Å²) in [5, 5.41) is 19.3. The Morgan fingerprint density at radius 2 is 2.07 bits per heavy atom. The molecule has 0 fully saturated rings. The lowest BCUT2D eigenvalue weighted by Crippen LogP contribution is -2.19. The van der Waals surface area contributed by atoms with E-state index in [1.807, 2.05) is 6.92 Å². The Balaban J connectivity index is 2.90. The van der Waals surface area contributed by atoms with Crippen molar-refractivity contribution in [1.29, 1.82) is 0 Å². The number of halogens is 2. The minimum atomic E-state index is -1.16. The topological polar surface area (TPSA) is 40.5 Å². The van der Waals surface area contributed by atoms with Gasteiger partial charge in [-0.2, -0.15) is 0 Å². The summed E-state index contributed by atoms with van der Waals surface area (Å²) < 4.78 is 13.8. The van der Waals surface area contributed by atoms with Gasteiger partial charge in [0.25, 0.3) is 0 Å². The predicted molar refractivity (Wildman–Crippen MR) is 60.0 cm³/mol. The molecule has 4 heteroatoms. The second kappa shape index (κ2) is 5.58. The molecule has 0 aromatic heterocycles. The Morgan fingerprint density at radius 1 is 1.40 bits per heavy atom. The number of hydrogen-bond donors (Lipinski definition) is 2. The van der Waals surface area contributed by atoms with E-state index in [0.29, 0.717) is 10.9 Å². The van der Waals surface area contributed by atoms with E-state index in [2.05, 4.69) is 15.9 Å². The van der Waals surface area contributed by atoms with Crippen molar-refractivity contribution in [2.75, 3.05) is 0 Å². The first-order valence-corrected chi connectivity index (χ1v) is 5.67. The van der Waals surface area contributed by atoms with Crippen LogP contribution in [0.4, 0.5) is 4.39 Å². The molecule has 1 aromatic rings. The monoisotopic (exact) mass is 276 g/mol. The Hall–Kier alpha value is -0.450. The van der Waals surface area contributed by atoms with Gasteiger partial charge in [-0.3, -0.25) is 0 Å². The van der Waals surface area contributed by atoms with E-state index >= 15 is 0 Å². The normalized spacial score (nSPS) is 15.0. The highest BCUT2D eigenvalue weighted by molar-refractivity contribution is 9.10. The van der Waals surface area contributed by atoms with Crippen molar-refractivity contribution in [1.82, 2.24) is 0 Å². The van der Waals surface area contributed by atoms with Gasteiger partial charge in [0.05, 0.1) is 10.6 Å². The lowest BCUT2D eigenvalue weighted by atomic mass is 10.0. The number of aliphatic hydroxyl groups excluding tert-OH is 2. The van der Waals surface area contributed by atoms with Gasteiger partial charge in [-0.1, -0.05) is 25.5 Å². The van der Waals surface area contributed by atoms with Gasteiger partial charge in [0.1, 0.15) is 11.9 Å². The SMILES string of the molecule is CCCC(O)C(O)c1cccc(Br)c1F. The van der Waals surface area contributed by atoms with Crippen LogP contribution in [0.5, 0.6) is 0 Å². The van der Waals surface area contributed by atoms with Crippen molar-refractivity contribution in [3.05, 3.63) is 34.1 Å². The van der Waals surface area contributed by atoms with Gasteiger partial charge in [0.2, 0.25) is 0 Å². The lowest BCUT2D eigenvalue weighted by molar-refractivity contribution is 0.0110. The minimum Gasteiger partial charge on any atom is -0.390 e. The zero-order valence-corrected chi connectivity index (χ0v) is 10.0. The van der Waals surface area contributed by atoms with E-state index in [4.69, 9.17) is 0 Å². The van der Waals surface area contributed by atoms with Crippen LogP contribution in [0, 0.1) is 5.82 Å². The maximum absolute atomic E-state index is 13.5. The number of benzene rings is 1. The summed E-state index contributed by atoms with van der Waals surface area (Å²) in [5.41, 5.74) is 0.130. The molecule has 0 saturated heterocycles. The third kappa shape index (κ3) is 3.00. The second-order valence-corrected chi connectivity index (χ2v) is 4.30. The third-order valence-electron chi connectivity index (χ3n) is 2.25. The Morgan fingerprint density at radius 3 is 2.67 bits per heavy atom. The molecule has 0 heterocycles. The van der Waals surface area contributed by atoms with Crippen LogP contribution in [-0.4, -0.2) is 16.3 Å². The molecule has 0 aliphatic carbocycles. The molecule has 1 aromatic carbocycles. The molecular weight excluding hydrogens is 263 g/mol. The Labute approximate surface area is 96.9 Å². The summed E-state index contributed by atoms with van der Waals surface area (Å²) >= 11 is 3.03. The third-order valence-corrected chi connectivity index (χ3v) is 2.86. The highest BCUT2D eigenvalue weighted by atomic mass is 79.9. The smallest absolute Gasteiger partial charge is 0.143 e. The van der Waals surface area contributed by atoms with Crippen molar-refractivity contribution in [2.45, 2.75) is 32.0 Å². The van der Waals surface area contributed by atoms with Gasteiger partial charge in [0, 0.05) is 5.56 Å². The van der Waals surface area contributed by atoms with Crippen molar-refractivity contribution in [3.63, 3.8) is 0 Å². The average Bonchev–Trinajstić information content (AvgIpc) is 2.21. The lowest BCUT2D eigenvalue weighted by Gasteiger charge is -2.18. The van der Waals surface area contributed by atoms with Gasteiger partial charge in [0.15, 0.2) is 0 Å². The Bertz CT molecular complexity index is 330. The van der Waals surface area contributed by atoms with Gasteiger partial charge >= 0.3 is 0 Å². The van der Waals surface area contributed by atoms with Crippen LogP contribution >= 0.6 is 15.9 Å². The van der Waals surface area contributed by atoms with Gasteiger partial charge in [-0.15, -0.1) is 0 Å². The fourth-order valence-corrected chi connectivity index (χ4v) is 1.79. The second-order valence-electron chi connectivity index (χ2n) is 3.44. The van der Waals surface area contributed by atoms with E-state index in [-0.39, 0.29) is 5.56 Å². The van der Waals surface area contributed by atoms with Crippen LogP contribution in [0.15, 0.2) is 22.7 Å². The zero-order chi connectivity index (χ0) is 11.4. The molecular formula is C11H14BrFO2. The zero-order valence-electron chi connectivity index (χ0n) is 8.45. The van der Waals surface area contributed by atoms with Crippen LogP contribution in [0.2, 0.25) is 0 Å². The molecule has 2 unspecified atom stereocenters. The van der Waals surface area contributed by atoms with Crippen LogP contribution < -0.4 is 0 Å². The van der Waals surface area contributed by atoms with E-state index in [0.717, 1.165) is 6.42 Å².